The van der Waals surface area contributed by atoms with Crippen LogP contribution in [0, 0.1) is 0 Å². The van der Waals surface area contributed by atoms with Crippen molar-refractivity contribution in [3.63, 3.8) is 0 Å². The number of para-hydroxylation sites is 1. The molecule has 0 saturated carbocycles. The lowest BCUT2D eigenvalue weighted by molar-refractivity contribution is 0.100. The van der Waals surface area contributed by atoms with Crippen molar-refractivity contribution >= 4 is 38.8 Å². The van der Waals surface area contributed by atoms with E-state index in [0.717, 1.165) is 16.0 Å². The summed E-state index contributed by atoms with van der Waals surface area (Å²) in [5, 5.41) is 1.87. The number of aromatic nitrogens is 1. The molecule has 3 aromatic rings. The number of amides is 1. The van der Waals surface area contributed by atoms with E-state index in [0.29, 0.717) is 29.4 Å². The fraction of sp³-hybridized carbons (Fsp3) is 0.294. The molecule has 2 aromatic heterocycles. The van der Waals surface area contributed by atoms with Crippen molar-refractivity contribution in [2.24, 2.45) is 4.99 Å². The third-order valence-corrected chi connectivity index (χ3v) is 5.38. The summed E-state index contributed by atoms with van der Waals surface area (Å²) < 4.78 is 14.0. The van der Waals surface area contributed by atoms with Crippen molar-refractivity contribution < 1.29 is 14.3 Å². The smallest absolute Gasteiger partial charge is 0.289 e. The number of fused-ring (bicyclic) bond motifs is 1. The molecule has 0 bridgehead atoms. The molecule has 126 valence electrons. The van der Waals surface area contributed by atoms with E-state index < -0.39 is 0 Å². The summed E-state index contributed by atoms with van der Waals surface area (Å²) in [6.45, 7) is 3.79. The summed E-state index contributed by atoms with van der Waals surface area (Å²) >= 11 is 2.88. The third-order valence-electron chi connectivity index (χ3n) is 3.48. The lowest BCUT2D eigenvalue weighted by Gasteiger charge is -2.08. The maximum Gasteiger partial charge on any atom is 0.289 e. The Hall–Kier alpha value is -1.96. The second-order valence-electron chi connectivity index (χ2n) is 4.93. The monoisotopic (exact) mass is 362 g/mol. The predicted octanol–water partition coefficient (Wildman–Crippen LogP) is 3.55. The molecular weight excluding hydrogens is 344 g/mol. The first-order valence-electron chi connectivity index (χ1n) is 7.61. The largest absolute Gasteiger partial charge is 0.495 e. The SMILES string of the molecule is CCOCCn1c(=NC(=O)c2cccs2)sc2cccc(OC)c21. The highest BCUT2D eigenvalue weighted by Crippen LogP contribution is 2.27. The van der Waals surface area contributed by atoms with Crippen LogP contribution in [0.5, 0.6) is 5.75 Å². The molecule has 1 amide bonds. The second kappa shape index (κ2) is 7.74. The minimum absolute atomic E-state index is 0.222. The Morgan fingerprint density at radius 3 is 2.88 bits per heavy atom. The van der Waals surface area contributed by atoms with Gasteiger partial charge >= 0.3 is 0 Å². The number of methoxy groups -OCH3 is 1. The van der Waals surface area contributed by atoms with Crippen LogP contribution in [0.1, 0.15) is 16.6 Å². The number of carbonyl (C=O) groups is 1. The zero-order valence-corrected chi connectivity index (χ0v) is 15.2. The number of hydrogen-bond acceptors (Lipinski definition) is 5. The fourth-order valence-corrected chi connectivity index (χ4v) is 4.08. The van der Waals surface area contributed by atoms with E-state index >= 15 is 0 Å². The van der Waals surface area contributed by atoms with Crippen molar-refractivity contribution in [1.29, 1.82) is 0 Å². The van der Waals surface area contributed by atoms with Gasteiger partial charge in [-0.2, -0.15) is 4.99 Å². The maximum atomic E-state index is 12.4. The van der Waals surface area contributed by atoms with Gasteiger partial charge in [-0.1, -0.05) is 23.5 Å². The Labute approximate surface area is 147 Å². The Kier molecular flexibility index (Phi) is 5.44. The van der Waals surface area contributed by atoms with Gasteiger partial charge in [-0.25, -0.2) is 0 Å². The van der Waals surface area contributed by atoms with Gasteiger partial charge in [-0.15, -0.1) is 11.3 Å². The van der Waals surface area contributed by atoms with Crippen LogP contribution >= 0.6 is 22.7 Å². The third kappa shape index (κ3) is 3.43. The van der Waals surface area contributed by atoms with Gasteiger partial charge in [-0.05, 0) is 30.5 Å². The minimum atomic E-state index is -0.222. The average molecular weight is 362 g/mol. The molecule has 5 nitrogen and oxygen atoms in total. The quantitative estimate of drug-likeness (QED) is 0.630. The number of thiophene rings is 1. The standard InChI is InChI=1S/C17H18N2O3S2/c1-3-22-10-9-19-15-12(21-2)6-4-7-13(15)24-17(19)18-16(20)14-8-5-11-23-14/h4-8,11H,3,9-10H2,1-2H3. The molecule has 2 heterocycles. The molecule has 7 heteroatoms. The van der Waals surface area contributed by atoms with Gasteiger partial charge in [0, 0.05) is 13.2 Å². The lowest BCUT2D eigenvalue weighted by atomic mass is 10.3. The summed E-state index contributed by atoms with van der Waals surface area (Å²) in [6, 6.07) is 9.50. The van der Waals surface area contributed by atoms with E-state index in [-0.39, 0.29) is 5.91 Å². The highest BCUT2D eigenvalue weighted by atomic mass is 32.1. The molecule has 0 unspecified atom stereocenters. The molecule has 0 fully saturated rings. The summed E-state index contributed by atoms with van der Waals surface area (Å²) in [5.41, 5.74) is 0.947. The van der Waals surface area contributed by atoms with E-state index in [1.807, 2.05) is 41.1 Å². The van der Waals surface area contributed by atoms with Crippen molar-refractivity contribution in [2.45, 2.75) is 13.5 Å². The van der Waals surface area contributed by atoms with Crippen molar-refractivity contribution in [1.82, 2.24) is 4.57 Å². The zero-order valence-electron chi connectivity index (χ0n) is 13.5. The Morgan fingerprint density at radius 1 is 1.29 bits per heavy atom. The molecule has 0 N–H and O–H groups in total. The van der Waals surface area contributed by atoms with Gasteiger partial charge in [0.25, 0.3) is 5.91 Å². The molecule has 24 heavy (non-hydrogen) atoms. The number of carbonyl (C=O) groups excluding carboxylic acids is 1. The molecule has 0 atom stereocenters. The van der Waals surface area contributed by atoms with Crippen LogP contribution in [0.3, 0.4) is 0 Å². The van der Waals surface area contributed by atoms with Crippen molar-refractivity contribution in [2.75, 3.05) is 20.3 Å². The molecule has 0 radical (unpaired) electrons. The molecule has 0 aliphatic rings. The first-order chi connectivity index (χ1) is 11.7. The molecule has 0 saturated heterocycles. The van der Waals surface area contributed by atoms with E-state index in [1.165, 1.54) is 22.7 Å². The van der Waals surface area contributed by atoms with Gasteiger partial charge in [0.15, 0.2) is 4.80 Å². The van der Waals surface area contributed by atoms with Crippen LogP contribution in [0.4, 0.5) is 0 Å². The van der Waals surface area contributed by atoms with Crippen molar-refractivity contribution in [3.05, 3.63) is 45.4 Å². The Bertz CT molecular complexity index is 894. The highest BCUT2D eigenvalue weighted by Gasteiger charge is 2.13. The number of nitrogens with zero attached hydrogens (tertiary/aromatic N) is 2. The maximum absolute atomic E-state index is 12.4. The summed E-state index contributed by atoms with van der Waals surface area (Å²) in [5.74, 6) is 0.547. The number of ether oxygens (including phenoxy) is 2. The van der Waals surface area contributed by atoms with E-state index in [2.05, 4.69) is 4.99 Å². The van der Waals surface area contributed by atoms with Crippen LogP contribution in [-0.2, 0) is 11.3 Å². The molecular formula is C17H18N2O3S2. The van der Waals surface area contributed by atoms with E-state index in [4.69, 9.17) is 9.47 Å². The number of rotatable bonds is 6. The highest BCUT2D eigenvalue weighted by molar-refractivity contribution is 7.16. The molecule has 3 rings (SSSR count). The van der Waals surface area contributed by atoms with Crippen LogP contribution in [0.25, 0.3) is 10.2 Å². The summed E-state index contributed by atoms with van der Waals surface area (Å²) in [4.78, 5) is 18.0. The molecule has 1 aromatic carbocycles. The predicted molar refractivity (Wildman–Crippen MR) is 97.1 cm³/mol. The molecule has 0 spiro atoms. The second-order valence-corrected chi connectivity index (χ2v) is 6.89. The normalized spacial score (nSPS) is 12.0. The number of hydrogen-bond donors (Lipinski definition) is 0. The van der Waals surface area contributed by atoms with Gasteiger partial charge in [0.1, 0.15) is 11.3 Å². The average Bonchev–Trinajstić information content (AvgIpc) is 3.23. The van der Waals surface area contributed by atoms with Crippen LogP contribution in [-0.4, -0.2) is 30.8 Å². The summed E-state index contributed by atoms with van der Waals surface area (Å²) in [6.07, 6.45) is 0. The molecule has 0 aliphatic carbocycles. The zero-order chi connectivity index (χ0) is 16.9. The van der Waals surface area contributed by atoms with Crippen LogP contribution in [0.2, 0.25) is 0 Å². The van der Waals surface area contributed by atoms with Crippen LogP contribution in [0.15, 0.2) is 40.7 Å². The van der Waals surface area contributed by atoms with Gasteiger partial charge < -0.3 is 14.0 Å². The first-order valence-corrected chi connectivity index (χ1v) is 9.31. The minimum Gasteiger partial charge on any atom is -0.495 e. The van der Waals surface area contributed by atoms with Gasteiger partial charge in [0.05, 0.1) is 23.3 Å². The molecule has 0 aliphatic heterocycles. The van der Waals surface area contributed by atoms with E-state index in [1.54, 1.807) is 13.2 Å². The van der Waals surface area contributed by atoms with Crippen molar-refractivity contribution in [3.8, 4) is 5.75 Å². The van der Waals surface area contributed by atoms with Gasteiger partial charge in [0.2, 0.25) is 0 Å². The number of thiazole rings is 1. The van der Waals surface area contributed by atoms with Crippen LogP contribution < -0.4 is 9.54 Å². The first kappa shape index (κ1) is 16.9. The Balaban J connectivity index is 2.12. The van der Waals surface area contributed by atoms with E-state index in [9.17, 15) is 4.79 Å². The fourth-order valence-electron chi connectivity index (χ4n) is 2.40. The number of benzene rings is 1. The summed E-state index contributed by atoms with van der Waals surface area (Å²) in [7, 11) is 1.65. The lowest BCUT2D eigenvalue weighted by Crippen LogP contribution is -2.19. The van der Waals surface area contributed by atoms with Gasteiger partial charge in [-0.3, -0.25) is 4.79 Å². The topological polar surface area (TPSA) is 52.8 Å². The Morgan fingerprint density at radius 2 is 2.17 bits per heavy atom.